The van der Waals surface area contributed by atoms with Gasteiger partial charge < -0.3 is 10.2 Å². The van der Waals surface area contributed by atoms with Crippen molar-refractivity contribution in [2.45, 2.75) is 50.1 Å². The molecule has 2 aliphatic rings. The summed E-state index contributed by atoms with van der Waals surface area (Å²) in [5.41, 5.74) is 0.432. The number of carbonyl (C=O) groups is 2. The van der Waals surface area contributed by atoms with Gasteiger partial charge in [-0.2, -0.15) is 0 Å². The first-order valence-electron chi connectivity index (χ1n) is 9.59. The minimum atomic E-state index is -0.476. The zero-order chi connectivity index (χ0) is 20.3. The van der Waals surface area contributed by atoms with Crippen molar-refractivity contribution >= 4 is 29.3 Å². The number of nitrogens with zero attached hydrogens (tertiary/aromatic N) is 2. The first-order valence-corrected chi connectivity index (χ1v) is 10.6. The fourth-order valence-electron chi connectivity index (χ4n) is 3.50. The van der Waals surface area contributed by atoms with Crippen molar-refractivity contribution in [1.82, 2.24) is 15.5 Å². The van der Waals surface area contributed by atoms with Crippen molar-refractivity contribution in [3.63, 3.8) is 0 Å². The highest BCUT2D eigenvalue weighted by molar-refractivity contribution is 8.01. The van der Waals surface area contributed by atoms with Gasteiger partial charge in [-0.05, 0) is 38.3 Å². The Morgan fingerprint density at radius 1 is 1.36 bits per heavy atom. The molecule has 2 aliphatic heterocycles. The number of amides is 2. The van der Waals surface area contributed by atoms with Crippen LogP contribution >= 0.6 is 11.8 Å². The Bertz CT molecular complexity index is 747. The van der Waals surface area contributed by atoms with Crippen molar-refractivity contribution < 1.29 is 14.5 Å². The van der Waals surface area contributed by atoms with E-state index in [0.29, 0.717) is 18.7 Å². The van der Waals surface area contributed by atoms with E-state index in [1.165, 1.54) is 24.3 Å². The molecule has 2 heterocycles. The van der Waals surface area contributed by atoms with E-state index in [-0.39, 0.29) is 34.5 Å². The van der Waals surface area contributed by atoms with Crippen molar-refractivity contribution in [3.05, 3.63) is 39.9 Å². The normalized spacial score (nSPS) is 22.1. The van der Waals surface area contributed by atoms with Gasteiger partial charge >= 0.3 is 0 Å². The number of hydrogen-bond acceptors (Lipinski definition) is 6. The molecule has 2 amide bonds. The second-order valence-electron chi connectivity index (χ2n) is 7.42. The molecule has 8 nitrogen and oxygen atoms in total. The van der Waals surface area contributed by atoms with Crippen LogP contribution in [0.25, 0.3) is 0 Å². The third kappa shape index (κ3) is 4.47. The molecule has 28 heavy (non-hydrogen) atoms. The van der Waals surface area contributed by atoms with Gasteiger partial charge in [0, 0.05) is 42.6 Å². The van der Waals surface area contributed by atoms with E-state index in [2.05, 4.69) is 10.6 Å². The fourth-order valence-corrected chi connectivity index (χ4v) is 4.92. The van der Waals surface area contributed by atoms with Gasteiger partial charge in [-0.25, -0.2) is 0 Å². The number of piperidine rings is 1. The molecule has 2 saturated heterocycles. The van der Waals surface area contributed by atoms with Crippen molar-refractivity contribution in [2.24, 2.45) is 0 Å². The van der Waals surface area contributed by atoms with Gasteiger partial charge in [0.2, 0.25) is 5.91 Å². The molecular formula is C19H26N4O4S. The highest BCUT2D eigenvalue weighted by Gasteiger charge is 2.44. The molecule has 0 unspecified atom stereocenters. The van der Waals surface area contributed by atoms with E-state index < -0.39 is 4.92 Å². The maximum atomic E-state index is 12.7. The molecule has 0 saturated carbocycles. The first-order chi connectivity index (χ1) is 13.3. The van der Waals surface area contributed by atoms with Crippen LogP contribution < -0.4 is 10.6 Å². The molecule has 0 aromatic heterocycles. The van der Waals surface area contributed by atoms with Crippen LogP contribution in [-0.4, -0.2) is 57.4 Å². The molecule has 9 heteroatoms. The average Bonchev–Trinajstić information content (AvgIpc) is 3.11. The van der Waals surface area contributed by atoms with E-state index in [0.717, 1.165) is 25.0 Å². The molecule has 0 aliphatic carbocycles. The SMILES string of the molecule is CC[C@@H](C)NC(=O)[C@@H]1CSC2(CCN(C(=O)c3ccc([N+](=O)[O-])cc3)CC2)N1. The predicted octanol–water partition coefficient (Wildman–Crippen LogP) is 2.15. The number of thioether (sulfide) groups is 1. The molecule has 0 radical (unpaired) electrons. The molecule has 2 atom stereocenters. The number of nitro benzene ring substituents is 1. The smallest absolute Gasteiger partial charge is 0.269 e. The second-order valence-corrected chi connectivity index (χ2v) is 8.82. The summed E-state index contributed by atoms with van der Waals surface area (Å²) in [6.45, 7) is 5.23. The quantitative estimate of drug-likeness (QED) is 0.573. The van der Waals surface area contributed by atoms with Crippen molar-refractivity contribution in [2.75, 3.05) is 18.8 Å². The van der Waals surface area contributed by atoms with Crippen LogP contribution in [0.4, 0.5) is 5.69 Å². The minimum Gasteiger partial charge on any atom is -0.352 e. The number of nitro groups is 1. The zero-order valence-corrected chi connectivity index (χ0v) is 17.0. The Hall–Kier alpha value is -2.13. The molecule has 2 N–H and O–H groups in total. The van der Waals surface area contributed by atoms with Crippen LogP contribution in [0.15, 0.2) is 24.3 Å². The molecule has 1 spiro atoms. The maximum absolute atomic E-state index is 12.7. The molecule has 1 aromatic rings. The van der Waals surface area contributed by atoms with Crippen LogP contribution in [-0.2, 0) is 4.79 Å². The lowest BCUT2D eigenvalue weighted by Crippen LogP contribution is -2.55. The molecule has 0 bridgehead atoms. The lowest BCUT2D eigenvalue weighted by atomic mass is 10.0. The number of likely N-dealkylation sites (tertiary alicyclic amines) is 1. The van der Waals surface area contributed by atoms with Gasteiger partial charge in [0.15, 0.2) is 0 Å². The van der Waals surface area contributed by atoms with Gasteiger partial charge in [-0.15, -0.1) is 11.8 Å². The summed E-state index contributed by atoms with van der Waals surface area (Å²) in [5, 5.41) is 17.3. The topological polar surface area (TPSA) is 105 Å². The highest BCUT2D eigenvalue weighted by atomic mass is 32.2. The molecular weight excluding hydrogens is 380 g/mol. The Morgan fingerprint density at radius 2 is 2.00 bits per heavy atom. The predicted molar refractivity (Wildman–Crippen MR) is 108 cm³/mol. The van der Waals surface area contributed by atoms with Crippen LogP contribution in [0.5, 0.6) is 0 Å². The van der Waals surface area contributed by atoms with E-state index in [9.17, 15) is 19.7 Å². The number of benzene rings is 1. The van der Waals surface area contributed by atoms with Gasteiger partial charge in [0.25, 0.3) is 11.6 Å². The lowest BCUT2D eigenvalue weighted by molar-refractivity contribution is -0.384. The summed E-state index contributed by atoms with van der Waals surface area (Å²) in [6, 6.07) is 5.68. The van der Waals surface area contributed by atoms with Crippen LogP contribution in [0.2, 0.25) is 0 Å². The number of nitrogens with one attached hydrogen (secondary N) is 2. The van der Waals surface area contributed by atoms with Gasteiger partial charge in [0.1, 0.15) is 0 Å². The lowest BCUT2D eigenvalue weighted by Gasteiger charge is -2.39. The third-order valence-electron chi connectivity index (χ3n) is 5.46. The zero-order valence-electron chi connectivity index (χ0n) is 16.1. The van der Waals surface area contributed by atoms with Gasteiger partial charge in [-0.1, -0.05) is 6.92 Å². The minimum absolute atomic E-state index is 0.0255. The number of rotatable bonds is 5. The molecule has 1 aromatic carbocycles. The fraction of sp³-hybridized carbons (Fsp3) is 0.579. The summed E-state index contributed by atoms with van der Waals surface area (Å²) < 4.78 is 0. The van der Waals surface area contributed by atoms with Crippen LogP contribution in [0.3, 0.4) is 0 Å². The van der Waals surface area contributed by atoms with Crippen molar-refractivity contribution in [1.29, 1.82) is 0 Å². The van der Waals surface area contributed by atoms with E-state index >= 15 is 0 Å². The van der Waals surface area contributed by atoms with E-state index in [1.54, 1.807) is 16.7 Å². The number of carbonyl (C=O) groups excluding carboxylic acids is 2. The first kappa shape index (κ1) is 20.6. The largest absolute Gasteiger partial charge is 0.352 e. The standard InChI is InChI=1S/C19H26N4O4S/c1-3-13(2)20-17(24)16-12-28-19(21-16)8-10-22(11-9-19)18(25)14-4-6-15(7-5-14)23(26)27/h4-7,13,16,21H,3,8-12H2,1-2H3,(H,20,24)/t13-,16+/m1/s1. The Kier molecular flexibility index (Phi) is 6.24. The van der Waals surface area contributed by atoms with Gasteiger partial charge in [-0.3, -0.25) is 25.0 Å². The summed E-state index contributed by atoms with van der Waals surface area (Å²) in [4.78, 5) is 36.9. The summed E-state index contributed by atoms with van der Waals surface area (Å²) >= 11 is 1.77. The number of non-ortho nitro benzene ring substituents is 1. The maximum Gasteiger partial charge on any atom is 0.269 e. The Balaban J connectivity index is 1.55. The number of hydrogen-bond donors (Lipinski definition) is 2. The molecule has 3 rings (SSSR count). The summed E-state index contributed by atoms with van der Waals surface area (Å²) in [7, 11) is 0. The second kappa shape index (κ2) is 8.48. The average molecular weight is 407 g/mol. The molecule has 2 fully saturated rings. The Morgan fingerprint density at radius 3 is 2.57 bits per heavy atom. The van der Waals surface area contributed by atoms with Crippen LogP contribution in [0.1, 0.15) is 43.5 Å². The monoisotopic (exact) mass is 406 g/mol. The van der Waals surface area contributed by atoms with Crippen molar-refractivity contribution in [3.8, 4) is 0 Å². The van der Waals surface area contributed by atoms with E-state index in [1.807, 2.05) is 13.8 Å². The summed E-state index contributed by atoms with van der Waals surface area (Å²) in [5.74, 6) is 0.667. The van der Waals surface area contributed by atoms with Crippen LogP contribution in [0, 0.1) is 10.1 Å². The molecule has 152 valence electrons. The Labute approximate surface area is 168 Å². The third-order valence-corrected chi connectivity index (χ3v) is 7.04. The van der Waals surface area contributed by atoms with Gasteiger partial charge in [0.05, 0.1) is 15.8 Å². The highest BCUT2D eigenvalue weighted by Crippen LogP contribution is 2.39. The summed E-state index contributed by atoms with van der Waals surface area (Å²) in [6.07, 6.45) is 2.43. The van der Waals surface area contributed by atoms with E-state index in [4.69, 9.17) is 0 Å².